The van der Waals surface area contributed by atoms with E-state index in [-0.39, 0.29) is 0 Å². The summed E-state index contributed by atoms with van der Waals surface area (Å²) in [7, 11) is 0. The molecule has 0 unspecified atom stereocenters. The van der Waals surface area contributed by atoms with Crippen molar-refractivity contribution in [1.82, 2.24) is 5.01 Å². The third-order valence-electron chi connectivity index (χ3n) is 4.20. The number of hydrazone groups is 1. The Morgan fingerprint density at radius 1 is 1.14 bits per heavy atom. The molecule has 2 heterocycles. The highest BCUT2D eigenvalue weighted by atomic mass is 16.3. The lowest BCUT2D eigenvalue weighted by Crippen LogP contribution is -2.23. The fraction of sp³-hybridized carbons (Fsp3) is 0.235. The summed E-state index contributed by atoms with van der Waals surface area (Å²) >= 11 is 0. The van der Waals surface area contributed by atoms with Gasteiger partial charge in [-0.15, -0.1) is 0 Å². The molecule has 2 aliphatic rings. The van der Waals surface area contributed by atoms with E-state index in [1.807, 2.05) is 12.1 Å². The largest absolute Gasteiger partial charge is 0.460 e. The maximum atomic E-state index is 12.2. The maximum Gasteiger partial charge on any atom is 0.282 e. The summed E-state index contributed by atoms with van der Waals surface area (Å²) in [4.78, 5) is 24.3. The highest BCUT2D eigenvalue weighted by Crippen LogP contribution is 2.47. The van der Waals surface area contributed by atoms with Crippen LogP contribution in [0.15, 0.2) is 45.9 Å². The Hall–Kier alpha value is -2.69. The van der Waals surface area contributed by atoms with Gasteiger partial charge in [-0.2, -0.15) is 10.1 Å². The molecule has 1 aromatic heterocycles. The molecule has 22 heavy (non-hydrogen) atoms. The number of furan rings is 1. The molecule has 1 fully saturated rings. The van der Waals surface area contributed by atoms with E-state index in [9.17, 15) is 9.59 Å². The zero-order valence-electron chi connectivity index (χ0n) is 12.0. The molecule has 2 amide bonds. The number of fused-ring (bicyclic) bond motifs is 1. The Morgan fingerprint density at radius 3 is 2.36 bits per heavy atom. The van der Waals surface area contributed by atoms with Crippen molar-refractivity contribution in [3.8, 4) is 0 Å². The molecule has 1 aromatic carbocycles. The average molecular weight is 294 g/mol. The summed E-state index contributed by atoms with van der Waals surface area (Å²) in [6.07, 6.45) is 2.56. The van der Waals surface area contributed by atoms with Gasteiger partial charge in [0.05, 0.1) is 17.3 Å². The van der Waals surface area contributed by atoms with Crippen LogP contribution in [0.3, 0.4) is 0 Å². The number of hydrogen-bond donors (Lipinski definition) is 0. The Kier molecular flexibility index (Phi) is 2.76. The second-order valence-electron chi connectivity index (χ2n) is 5.77. The van der Waals surface area contributed by atoms with Gasteiger partial charge in [-0.3, -0.25) is 9.59 Å². The van der Waals surface area contributed by atoms with Crippen LogP contribution in [0.4, 0.5) is 0 Å². The first-order valence-electron chi connectivity index (χ1n) is 7.26. The molecule has 0 spiro atoms. The standard InChI is InChI=1S/C17H14N2O3/c1-10-8-14(10)15-7-6-11(22-15)9-18-19-16(20)12-4-2-3-5-13(12)17(19)21/h2-7,9-10,14H,8H2,1H3/b18-9-/t10-,14+/m0/s1. The number of rotatable bonds is 3. The van der Waals surface area contributed by atoms with Gasteiger partial charge in [0.2, 0.25) is 0 Å². The highest BCUT2D eigenvalue weighted by Gasteiger charge is 2.37. The minimum absolute atomic E-state index is 0.386. The Labute approximate surface area is 127 Å². The summed E-state index contributed by atoms with van der Waals surface area (Å²) in [5.74, 6) is 1.83. The van der Waals surface area contributed by atoms with Gasteiger partial charge in [0.25, 0.3) is 11.8 Å². The molecule has 5 nitrogen and oxygen atoms in total. The number of nitrogens with zero attached hydrogens (tertiary/aromatic N) is 2. The van der Waals surface area contributed by atoms with Crippen molar-refractivity contribution in [2.45, 2.75) is 19.3 Å². The van der Waals surface area contributed by atoms with E-state index in [0.29, 0.717) is 28.7 Å². The SMILES string of the molecule is C[C@H]1C[C@H]1c1ccc(/C=N\N2C(=O)c3ccccc3C2=O)o1. The van der Waals surface area contributed by atoms with Crippen LogP contribution in [0.25, 0.3) is 0 Å². The van der Waals surface area contributed by atoms with Gasteiger partial charge in [0, 0.05) is 5.92 Å². The van der Waals surface area contributed by atoms with E-state index < -0.39 is 11.8 Å². The van der Waals surface area contributed by atoms with Crippen molar-refractivity contribution in [3.05, 3.63) is 59.0 Å². The third-order valence-corrected chi connectivity index (χ3v) is 4.20. The van der Waals surface area contributed by atoms with E-state index in [4.69, 9.17) is 4.42 Å². The van der Waals surface area contributed by atoms with Crippen molar-refractivity contribution in [3.63, 3.8) is 0 Å². The molecule has 2 atom stereocenters. The molecule has 0 N–H and O–H groups in total. The second-order valence-corrected chi connectivity index (χ2v) is 5.77. The fourth-order valence-electron chi connectivity index (χ4n) is 2.75. The van der Waals surface area contributed by atoms with Gasteiger partial charge >= 0.3 is 0 Å². The van der Waals surface area contributed by atoms with Gasteiger partial charge in [-0.05, 0) is 36.6 Å². The topological polar surface area (TPSA) is 62.9 Å². The van der Waals surface area contributed by atoms with Crippen LogP contribution in [0.2, 0.25) is 0 Å². The summed E-state index contributed by atoms with van der Waals surface area (Å²) in [5.41, 5.74) is 0.771. The van der Waals surface area contributed by atoms with E-state index in [0.717, 1.165) is 17.2 Å². The van der Waals surface area contributed by atoms with E-state index in [2.05, 4.69) is 12.0 Å². The van der Waals surface area contributed by atoms with Gasteiger partial charge < -0.3 is 4.42 Å². The molecule has 1 saturated carbocycles. The van der Waals surface area contributed by atoms with Crippen molar-refractivity contribution in [1.29, 1.82) is 0 Å². The van der Waals surface area contributed by atoms with Crippen LogP contribution < -0.4 is 0 Å². The molecular weight excluding hydrogens is 280 g/mol. The van der Waals surface area contributed by atoms with Crippen molar-refractivity contribution >= 4 is 18.0 Å². The summed E-state index contributed by atoms with van der Waals surface area (Å²) in [6, 6.07) is 10.5. The predicted molar refractivity (Wildman–Crippen MR) is 79.8 cm³/mol. The minimum atomic E-state index is -0.403. The quantitative estimate of drug-likeness (QED) is 0.645. The predicted octanol–water partition coefficient (Wildman–Crippen LogP) is 3.03. The summed E-state index contributed by atoms with van der Waals surface area (Å²) in [5, 5.41) is 4.88. The van der Waals surface area contributed by atoms with Crippen molar-refractivity contribution < 1.29 is 14.0 Å². The number of imide groups is 1. The van der Waals surface area contributed by atoms with E-state index >= 15 is 0 Å². The minimum Gasteiger partial charge on any atom is -0.460 e. The Morgan fingerprint density at radius 2 is 1.77 bits per heavy atom. The van der Waals surface area contributed by atoms with Gasteiger partial charge in [-0.25, -0.2) is 0 Å². The van der Waals surface area contributed by atoms with Crippen LogP contribution in [0.1, 0.15) is 51.5 Å². The molecule has 0 bridgehead atoms. The number of amides is 2. The monoisotopic (exact) mass is 294 g/mol. The maximum absolute atomic E-state index is 12.2. The lowest BCUT2D eigenvalue weighted by Gasteiger charge is -2.04. The number of carbonyl (C=O) groups is 2. The van der Waals surface area contributed by atoms with Crippen molar-refractivity contribution in [2.75, 3.05) is 0 Å². The van der Waals surface area contributed by atoms with Gasteiger partial charge in [-0.1, -0.05) is 19.1 Å². The molecule has 2 aromatic rings. The molecule has 110 valence electrons. The fourth-order valence-corrected chi connectivity index (χ4v) is 2.75. The molecule has 1 aliphatic carbocycles. The van der Waals surface area contributed by atoms with Gasteiger partial charge in [0.15, 0.2) is 0 Å². The third kappa shape index (κ3) is 1.97. The Bertz CT molecular complexity index is 771. The smallest absolute Gasteiger partial charge is 0.282 e. The van der Waals surface area contributed by atoms with Gasteiger partial charge in [0.1, 0.15) is 11.5 Å². The lowest BCUT2D eigenvalue weighted by molar-refractivity contribution is 0.0660. The molecule has 1 aliphatic heterocycles. The Balaban J connectivity index is 1.55. The highest BCUT2D eigenvalue weighted by molar-refractivity contribution is 6.21. The molecule has 0 saturated heterocycles. The van der Waals surface area contributed by atoms with Crippen LogP contribution in [-0.4, -0.2) is 23.0 Å². The number of benzene rings is 1. The first-order chi connectivity index (χ1) is 10.6. The first kappa shape index (κ1) is 13.0. The van der Waals surface area contributed by atoms with Crippen LogP contribution in [-0.2, 0) is 0 Å². The van der Waals surface area contributed by atoms with Crippen molar-refractivity contribution in [2.24, 2.45) is 11.0 Å². The lowest BCUT2D eigenvalue weighted by atomic mass is 10.1. The van der Waals surface area contributed by atoms with Crippen LogP contribution in [0.5, 0.6) is 0 Å². The summed E-state index contributed by atoms with van der Waals surface area (Å²) < 4.78 is 5.69. The first-order valence-corrected chi connectivity index (χ1v) is 7.26. The average Bonchev–Trinajstić information content (AvgIpc) is 2.98. The molecule has 4 rings (SSSR count). The molecular formula is C17H14N2O3. The zero-order chi connectivity index (χ0) is 15.3. The number of carbonyl (C=O) groups excluding carboxylic acids is 2. The van der Waals surface area contributed by atoms with Crippen LogP contribution >= 0.6 is 0 Å². The zero-order valence-corrected chi connectivity index (χ0v) is 12.0. The number of hydrogen-bond acceptors (Lipinski definition) is 4. The molecule has 0 radical (unpaired) electrons. The molecule has 5 heteroatoms. The van der Waals surface area contributed by atoms with Crippen LogP contribution in [0, 0.1) is 5.92 Å². The second kappa shape index (κ2) is 4.66. The van der Waals surface area contributed by atoms with E-state index in [1.165, 1.54) is 6.21 Å². The summed E-state index contributed by atoms with van der Waals surface area (Å²) in [6.45, 7) is 2.18. The normalized spacial score (nSPS) is 23.4. The van der Waals surface area contributed by atoms with E-state index in [1.54, 1.807) is 24.3 Å².